The molecule has 1 saturated carbocycles. The van der Waals surface area contributed by atoms with E-state index in [1.807, 2.05) is 45.0 Å². The van der Waals surface area contributed by atoms with Crippen molar-refractivity contribution >= 4 is 17.8 Å². The van der Waals surface area contributed by atoms with Crippen molar-refractivity contribution in [1.82, 2.24) is 30.0 Å². The second-order valence-corrected chi connectivity index (χ2v) is 12.6. The predicted molar refractivity (Wildman–Crippen MR) is 152 cm³/mol. The van der Waals surface area contributed by atoms with E-state index in [1.165, 1.54) is 0 Å². The summed E-state index contributed by atoms with van der Waals surface area (Å²) >= 11 is 0. The number of fused-ring (bicyclic) bond motifs is 2. The standard InChI is InChI=1S/C30H37N7O4/c1-17-10-11-24-34-35-26(37(17)24)20-8-7-9-23(31-20)36-15-19-18(27(36)38)14-22(30(5)12-13-30)33-25(19)21(16-40-6)32-28(39)41-29(2,3)4/h7-9,14,17,21H,10-13,15-16H2,1-6H3,(H,32,39)/t17-,21+/m0/s1. The number of aryl methyl sites for hydroxylation is 1. The van der Waals surface area contributed by atoms with Crippen molar-refractivity contribution in [3.63, 3.8) is 0 Å². The topological polar surface area (TPSA) is 124 Å². The number of hydrogen-bond acceptors (Lipinski definition) is 8. The van der Waals surface area contributed by atoms with Gasteiger partial charge in [-0.1, -0.05) is 13.0 Å². The molecule has 3 aromatic heterocycles. The Hall–Kier alpha value is -3.86. The van der Waals surface area contributed by atoms with Gasteiger partial charge in [0.1, 0.15) is 22.9 Å². The van der Waals surface area contributed by atoms with Crippen molar-refractivity contribution in [3.8, 4) is 11.5 Å². The number of rotatable bonds is 7. The zero-order valence-electron chi connectivity index (χ0n) is 24.5. The van der Waals surface area contributed by atoms with Crippen LogP contribution >= 0.6 is 0 Å². The summed E-state index contributed by atoms with van der Waals surface area (Å²) in [6, 6.07) is 7.24. The third-order valence-corrected chi connectivity index (χ3v) is 8.15. The fourth-order valence-electron chi connectivity index (χ4n) is 5.65. The number of carbonyl (C=O) groups excluding carboxylic acids is 2. The molecule has 1 N–H and O–H groups in total. The Morgan fingerprint density at radius 1 is 1.22 bits per heavy atom. The fourth-order valence-corrected chi connectivity index (χ4v) is 5.65. The van der Waals surface area contributed by atoms with E-state index in [4.69, 9.17) is 19.4 Å². The van der Waals surface area contributed by atoms with E-state index in [9.17, 15) is 9.59 Å². The predicted octanol–water partition coefficient (Wildman–Crippen LogP) is 4.67. The molecule has 3 aliphatic rings. The Kier molecular flexibility index (Phi) is 6.60. The minimum atomic E-state index is -0.661. The summed E-state index contributed by atoms with van der Waals surface area (Å²) < 4.78 is 13.2. The molecule has 0 aromatic carbocycles. The first kappa shape index (κ1) is 27.3. The molecule has 41 heavy (non-hydrogen) atoms. The van der Waals surface area contributed by atoms with Crippen LogP contribution in [0.15, 0.2) is 24.3 Å². The van der Waals surface area contributed by atoms with Crippen LogP contribution < -0.4 is 10.2 Å². The first-order valence-corrected chi connectivity index (χ1v) is 14.2. The molecule has 2 atom stereocenters. The third kappa shape index (κ3) is 5.07. The van der Waals surface area contributed by atoms with Crippen LogP contribution in [-0.2, 0) is 27.9 Å². The van der Waals surface area contributed by atoms with Crippen LogP contribution in [0.1, 0.15) is 99.1 Å². The number of methoxy groups -OCH3 is 1. The molecule has 0 bridgehead atoms. The number of aromatic nitrogens is 5. The molecular formula is C30H37N7O4. The van der Waals surface area contributed by atoms with Gasteiger partial charge in [0.25, 0.3) is 5.91 Å². The van der Waals surface area contributed by atoms with E-state index < -0.39 is 17.7 Å². The summed E-state index contributed by atoms with van der Waals surface area (Å²) in [6.07, 6.45) is 3.34. The van der Waals surface area contributed by atoms with Gasteiger partial charge in [0, 0.05) is 41.8 Å². The van der Waals surface area contributed by atoms with Gasteiger partial charge in [0.2, 0.25) is 0 Å². The molecule has 6 rings (SSSR count). The molecule has 216 valence electrons. The van der Waals surface area contributed by atoms with Crippen LogP contribution in [0.4, 0.5) is 10.6 Å². The number of carbonyl (C=O) groups is 2. The quantitative estimate of drug-likeness (QED) is 0.443. The maximum atomic E-state index is 14.0. The molecule has 2 aliphatic heterocycles. The van der Waals surface area contributed by atoms with Gasteiger partial charge < -0.3 is 19.4 Å². The number of nitrogens with one attached hydrogen (secondary N) is 1. The lowest BCUT2D eigenvalue weighted by atomic mass is 9.97. The highest BCUT2D eigenvalue weighted by Crippen LogP contribution is 2.48. The summed E-state index contributed by atoms with van der Waals surface area (Å²) in [5.41, 5.74) is 2.72. The summed E-state index contributed by atoms with van der Waals surface area (Å²) in [7, 11) is 1.57. The summed E-state index contributed by atoms with van der Waals surface area (Å²) in [5.74, 6) is 2.05. The van der Waals surface area contributed by atoms with Crippen LogP contribution in [0.5, 0.6) is 0 Å². The molecule has 11 heteroatoms. The Morgan fingerprint density at radius 3 is 2.71 bits per heavy atom. The summed E-state index contributed by atoms with van der Waals surface area (Å²) in [6.45, 7) is 10.2. The summed E-state index contributed by atoms with van der Waals surface area (Å²) in [4.78, 5) is 38.3. The van der Waals surface area contributed by atoms with Crippen molar-refractivity contribution in [1.29, 1.82) is 0 Å². The molecule has 1 aliphatic carbocycles. The largest absolute Gasteiger partial charge is 0.444 e. The molecule has 0 unspecified atom stereocenters. The van der Waals surface area contributed by atoms with E-state index in [0.717, 1.165) is 42.8 Å². The van der Waals surface area contributed by atoms with Crippen LogP contribution in [0.2, 0.25) is 0 Å². The lowest BCUT2D eigenvalue weighted by Crippen LogP contribution is -2.37. The maximum absolute atomic E-state index is 14.0. The normalized spacial score (nSPS) is 19.6. The number of amides is 2. The molecule has 2 amide bonds. The van der Waals surface area contributed by atoms with Crippen LogP contribution in [0.25, 0.3) is 11.5 Å². The highest BCUT2D eigenvalue weighted by atomic mass is 16.6. The number of anilines is 1. The van der Waals surface area contributed by atoms with Crippen LogP contribution in [0, 0.1) is 0 Å². The van der Waals surface area contributed by atoms with E-state index in [2.05, 4.69) is 33.9 Å². The molecular weight excluding hydrogens is 522 g/mol. The average molecular weight is 560 g/mol. The van der Waals surface area contributed by atoms with Crippen LogP contribution in [-0.4, -0.2) is 56.1 Å². The molecule has 1 fully saturated rings. The third-order valence-electron chi connectivity index (χ3n) is 8.15. The number of ether oxygens (including phenoxy) is 2. The molecule has 5 heterocycles. The highest BCUT2D eigenvalue weighted by Gasteiger charge is 2.44. The Morgan fingerprint density at radius 2 is 2.00 bits per heavy atom. The van der Waals surface area contributed by atoms with E-state index in [-0.39, 0.29) is 24.5 Å². The van der Waals surface area contributed by atoms with E-state index in [1.54, 1.807) is 12.0 Å². The fraction of sp³-hybridized carbons (Fsp3) is 0.533. The second-order valence-electron chi connectivity index (χ2n) is 12.6. The first-order valence-electron chi connectivity index (χ1n) is 14.2. The Bertz CT molecular complexity index is 1520. The van der Waals surface area contributed by atoms with Gasteiger partial charge in [-0.25, -0.2) is 9.78 Å². The van der Waals surface area contributed by atoms with Gasteiger partial charge in [0.15, 0.2) is 5.82 Å². The zero-order chi connectivity index (χ0) is 29.1. The maximum Gasteiger partial charge on any atom is 0.408 e. The molecule has 3 aromatic rings. The van der Waals surface area contributed by atoms with E-state index >= 15 is 0 Å². The van der Waals surface area contributed by atoms with Gasteiger partial charge in [0.05, 0.1) is 24.9 Å². The lowest BCUT2D eigenvalue weighted by Gasteiger charge is -2.25. The minimum Gasteiger partial charge on any atom is -0.444 e. The van der Waals surface area contributed by atoms with Gasteiger partial charge in [-0.15, -0.1) is 10.2 Å². The molecule has 0 saturated heterocycles. The number of hydrogen-bond donors (Lipinski definition) is 1. The van der Waals surface area contributed by atoms with Crippen molar-refractivity contribution in [2.24, 2.45) is 0 Å². The SMILES string of the molecule is COC[C@@H](NC(=O)OC(C)(C)C)c1nc(C2(C)CC2)cc2c1CN(c1cccc(-c3nnc4n3[C@@H](C)CC4)n1)C2=O. The highest BCUT2D eigenvalue weighted by molar-refractivity contribution is 6.10. The Balaban J connectivity index is 1.37. The molecule has 0 spiro atoms. The van der Waals surface area contributed by atoms with Crippen molar-refractivity contribution < 1.29 is 19.1 Å². The van der Waals surface area contributed by atoms with Gasteiger partial charge in [-0.05, 0) is 65.2 Å². The minimum absolute atomic E-state index is 0.0933. The van der Waals surface area contributed by atoms with Crippen molar-refractivity contribution in [2.45, 2.75) is 89.9 Å². The number of nitrogens with zero attached hydrogens (tertiary/aromatic N) is 6. The first-order chi connectivity index (χ1) is 19.5. The van der Waals surface area contributed by atoms with Gasteiger partial charge in [-0.2, -0.15) is 0 Å². The lowest BCUT2D eigenvalue weighted by molar-refractivity contribution is 0.0465. The monoisotopic (exact) mass is 559 g/mol. The smallest absolute Gasteiger partial charge is 0.408 e. The second kappa shape index (κ2) is 9.90. The van der Waals surface area contributed by atoms with Crippen molar-refractivity contribution in [2.75, 3.05) is 18.6 Å². The van der Waals surface area contributed by atoms with E-state index in [0.29, 0.717) is 34.6 Å². The number of alkyl carbamates (subject to hydrolysis) is 1. The van der Waals surface area contributed by atoms with Crippen molar-refractivity contribution in [3.05, 3.63) is 52.6 Å². The Labute approximate surface area is 239 Å². The van der Waals surface area contributed by atoms with Crippen LogP contribution in [0.3, 0.4) is 0 Å². The average Bonchev–Trinajstić information content (AvgIpc) is 3.22. The summed E-state index contributed by atoms with van der Waals surface area (Å²) in [5, 5.41) is 11.7. The molecule has 11 nitrogen and oxygen atoms in total. The van der Waals surface area contributed by atoms with Gasteiger partial charge in [-0.3, -0.25) is 14.7 Å². The zero-order valence-corrected chi connectivity index (χ0v) is 24.5. The van der Waals surface area contributed by atoms with Gasteiger partial charge >= 0.3 is 6.09 Å². The molecule has 0 radical (unpaired) electrons. The number of pyridine rings is 2.